The standard InChI is InChI=1S/C17H16ClFN2/c1-11-7-8-16-15(9-11)20-17(12(2)18)21(16)10-13-5-3-4-6-14(13)19/h3-9,12H,10H2,1-2H3. The Morgan fingerprint density at radius 3 is 2.71 bits per heavy atom. The predicted octanol–water partition coefficient (Wildman–Crippen LogP) is 4.83. The number of rotatable bonds is 3. The van der Waals surface area contributed by atoms with Crippen LogP contribution in [0.1, 0.15) is 29.3 Å². The van der Waals surface area contributed by atoms with Crippen LogP contribution in [0.3, 0.4) is 0 Å². The number of imidazole rings is 1. The van der Waals surface area contributed by atoms with Crippen molar-refractivity contribution in [2.24, 2.45) is 0 Å². The Hall–Kier alpha value is -1.87. The molecule has 0 radical (unpaired) electrons. The van der Waals surface area contributed by atoms with E-state index in [9.17, 15) is 4.39 Å². The molecule has 4 heteroatoms. The first-order chi connectivity index (χ1) is 10.1. The Balaban J connectivity index is 2.16. The molecule has 0 fully saturated rings. The highest BCUT2D eigenvalue weighted by Gasteiger charge is 2.16. The average Bonchev–Trinajstić information content (AvgIpc) is 2.79. The van der Waals surface area contributed by atoms with Crippen molar-refractivity contribution in [1.29, 1.82) is 0 Å². The third-order valence-corrected chi connectivity index (χ3v) is 3.77. The summed E-state index contributed by atoms with van der Waals surface area (Å²) >= 11 is 6.25. The number of alkyl halides is 1. The molecule has 3 aromatic rings. The molecule has 2 nitrogen and oxygen atoms in total. The summed E-state index contributed by atoms with van der Waals surface area (Å²) < 4.78 is 15.9. The highest BCUT2D eigenvalue weighted by molar-refractivity contribution is 6.20. The summed E-state index contributed by atoms with van der Waals surface area (Å²) in [5.41, 5.74) is 3.66. The summed E-state index contributed by atoms with van der Waals surface area (Å²) in [6, 6.07) is 12.9. The number of aryl methyl sites for hydroxylation is 1. The van der Waals surface area contributed by atoms with Gasteiger partial charge in [0.25, 0.3) is 0 Å². The predicted molar refractivity (Wildman–Crippen MR) is 84.2 cm³/mol. The van der Waals surface area contributed by atoms with E-state index < -0.39 is 0 Å². The van der Waals surface area contributed by atoms with Crippen molar-refractivity contribution in [3.63, 3.8) is 0 Å². The second kappa shape index (κ2) is 5.49. The Bertz CT molecular complexity index is 793. The molecule has 1 unspecified atom stereocenters. The Kier molecular flexibility index (Phi) is 3.68. The number of hydrogen-bond donors (Lipinski definition) is 0. The van der Waals surface area contributed by atoms with E-state index in [0.29, 0.717) is 12.1 Å². The van der Waals surface area contributed by atoms with Gasteiger partial charge in [0.05, 0.1) is 23.0 Å². The molecule has 108 valence electrons. The van der Waals surface area contributed by atoms with E-state index in [1.165, 1.54) is 6.07 Å². The quantitative estimate of drug-likeness (QED) is 0.634. The van der Waals surface area contributed by atoms with Gasteiger partial charge in [-0.25, -0.2) is 9.37 Å². The Morgan fingerprint density at radius 2 is 2.00 bits per heavy atom. The molecule has 0 amide bonds. The van der Waals surface area contributed by atoms with E-state index in [0.717, 1.165) is 22.4 Å². The first-order valence-corrected chi connectivity index (χ1v) is 7.34. The van der Waals surface area contributed by atoms with Gasteiger partial charge in [0, 0.05) is 5.56 Å². The smallest absolute Gasteiger partial charge is 0.128 e. The van der Waals surface area contributed by atoms with E-state index in [4.69, 9.17) is 11.6 Å². The minimum Gasteiger partial charge on any atom is -0.322 e. The van der Waals surface area contributed by atoms with Gasteiger partial charge in [-0.15, -0.1) is 11.6 Å². The first-order valence-electron chi connectivity index (χ1n) is 6.90. The molecule has 21 heavy (non-hydrogen) atoms. The lowest BCUT2D eigenvalue weighted by Gasteiger charge is -2.11. The van der Waals surface area contributed by atoms with Crippen molar-refractivity contribution in [3.05, 3.63) is 65.2 Å². The van der Waals surface area contributed by atoms with E-state index in [2.05, 4.69) is 4.98 Å². The number of benzene rings is 2. The van der Waals surface area contributed by atoms with Crippen LogP contribution in [-0.2, 0) is 6.54 Å². The third-order valence-electron chi connectivity index (χ3n) is 3.58. The molecule has 1 aromatic heterocycles. The van der Waals surface area contributed by atoms with Gasteiger partial charge in [-0.2, -0.15) is 0 Å². The summed E-state index contributed by atoms with van der Waals surface area (Å²) in [6.07, 6.45) is 0. The maximum Gasteiger partial charge on any atom is 0.128 e. The highest BCUT2D eigenvalue weighted by atomic mass is 35.5. The molecule has 0 saturated heterocycles. The highest BCUT2D eigenvalue weighted by Crippen LogP contribution is 2.26. The largest absolute Gasteiger partial charge is 0.322 e. The molecule has 1 heterocycles. The van der Waals surface area contributed by atoms with Crippen LogP contribution in [0.5, 0.6) is 0 Å². The fourth-order valence-electron chi connectivity index (χ4n) is 2.53. The zero-order valence-corrected chi connectivity index (χ0v) is 12.7. The Labute approximate surface area is 128 Å². The molecule has 0 bridgehead atoms. The molecule has 2 aromatic carbocycles. The van der Waals surface area contributed by atoms with Gasteiger partial charge in [0.15, 0.2) is 0 Å². The van der Waals surface area contributed by atoms with Crippen molar-refractivity contribution >= 4 is 22.6 Å². The number of nitrogens with zero attached hydrogens (tertiary/aromatic N) is 2. The Morgan fingerprint density at radius 1 is 1.24 bits per heavy atom. The average molecular weight is 303 g/mol. The third kappa shape index (κ3) is 2.66. The minimum atomic E-state index is -0.232. The topological polar surface area (TPSA) is 17.8 Å². The lowest BCUT2D eigenvalue weighted by atomic mass is 10.2. The normalized spacial score (nSPS) is 12.8. The van der Waals surface area contributed by atoms with Crippen LogP contribution in [0.2, 0.25) is 0 Å². The number of hydrogen-bond acceptors (Lipinski definition) is 1. The summed E-state index contributed by atoms with van der Waals surface area (Å²) in [4.78, 5) is 4.61. The molecule has 1 atom stereocenters. The lowest BCUT2D eigenvalue weighted by Crippen LogP contribution is -2.07. The molecule has 0 spiro atoms. The van der Waals surface area contributed by atoms with E-state index in [1.807, 2.05) is 42.7 Å². The van der Waals surface area contributed by atoms with Gasteiger partial charge in [-0.1, -0.05) is 24.3 Å². The zero-order valence-electron chi connectivity index (χ0n) is 12.0. The molecule has 0 aliphatic carbocycles. The second-order valence-electron chi connectivity index (χ2n) is 5.26. The van der Waals surface area contributed by atoms with Gasteiger partial charge < -0.3 is 4.57 Å². The van der Waals surface area contributed by atoms with Gasteiger partial charge in [0.2, 0.25) is 0 Å². The van der Waals surface area contributed by atoms with Gasteiger partial charge in [-0.05, 0) is 37.6 Å². The monoisotopic (exact) mass is 302 g/mol. The van der Waals surface area contributed by atoms with Crippen molar-refractivity contribution in [1.82, 2.24) is 9.55 Å². The van der Waals surface area contributed by atoms with E-state index in [1.54, 1.807) is 12.1 Å². The fraction of sp³-hybridized carbons (Fsp3) is 0.235. The number of halogens is 2. The van der Waals surface area contributed by atoms with Crippen molar-refractivity contribution in [3.8, 4) is 0 Å². The second-order valence-corrected chi connectivity index (χ2v) is 5.91. The minimum absolute atomic E-state index is 0.209. The molecule has 0 saturated carbocycles. The van der Waals surface area contributed by atoms with Gasteiger partial charge in [0.1, 0.15) is 11.6 Å². The van der Waals surface area contributed by atoms with Crippen molar-refractivity contribution in [2.45, 2.75) is 25.8 Å². The molecule has 3 rings (SSSR count). The van der Waals surface area contributed by atoms with Crippen molar-refractivity contribution in [2.75, 3.05) is 0 Å². The van der Waals surface area contributed by atoms with Crippen LogP contribution in [0, 0.1) is 12.7 Å². The van der Waals surface area contributed by atoms with Crippen LogP contribution in [0.25, 0.3) is 11.0 Å². The molecular formula is C17H16ClFN2. The van der Waals surface area contributed by atoms with Crippen LogP contribution in [-0.4, -0.2) is 9.55 Å². The van der Waals surface area contributed by atoms with Gasteiger partial charge in [-0.3, -0.25) is 0 Å². The summed E-state index contributed by atoms with van der Waals surface area (Å²) in [5, 5.41) is -0.232. The number of aromatic nitrogens is 2. The lowest BCUT2D eigenvalue weighted by molar-refractivity contribution is 0.597. The van der Waals surface area contributed by atoms with Crippen LogP contribution in [0.15, 0.2) is 42.5 Å². The maximum absolute atomic E-state index is 13.9. The van der Waals surface area contributed by atoms with Crippen LogP contribution < -0.4 is 0 Å². The molecule has 0 N–H and O–H groups in total. The summed E-state index contributed by atoms with van der Waals surface area (Å²) in [5.74, 6) is 0.556. The number of fused-ring (bicyclic) bond motifs is 1. The zero-order chi connectivity index (χ0) is 15.0. The van der Waals surface area contributed by atoms with Crippen molar-refractivity contribution < 1.29 is 4.39 Å². The molecule has 0 aliphatic rings. The fourth-order valence-corrected chi connectivity index (χ4v) is 2.69. The van der Waals surface area contributed by atoms with E-state index in [-0.39, 0.29) is 11.2 Å². The SMILES string of the molecule is Cc1ccc2c(c1)nc(C(C)Cl)n2Cc1ccccc1F. The maximum atomic E-state index is 13.9. The first kappa shape index (κ1) is 14.1. The van der Waals surface area contributed by atoms with Gasteiger partial charge >= 0.3 is 0 Å². The van der Waals surface area contributed by atoms with Crippen LogP contribution >= 0.6 is 11.6 Å². The summed E-state index contributed by atoms with van der Waals surface area (Å²) in [7, 11) is 0. The molecule has 0 aliphatic heterocycles. The molecular weight excluding hydrogens is 287 g/mol. The summed E-state index contributed by atoms with van der Waals surface area (Å²) in [6.45, 7) is 4.34. The van der Waals surface area contributed by atoms with Crippen LogP contribution in [0.4, 0.5) is 4.39 Å². The van der Waals surface area contributed by atoms with E-state index >= 15 is 0 Å².